The van der Waals surface area contributed by atoms with Gasteiger partial charge in [-0.25, -0.2) is 10.4 Å². The first-order valence-corrected chi connectivity index (χ1v) is 5.08. The highest BCUT2D eigenvalue weighted by Crippen LogP contribution is 2.43. The van der Waals surface area contributed by atoms with Crippen LogP contribution >= 0.6 is 0 Å². The van der Waals surface area contributed by atoms with E-state index < -0.39 is 0 Å². The van der Waals surface area contributed by atoms with Gasteiger partial charge < -0.3 is 5.11 Å². The van der Waals surface area contributed by atoms with Crippen molar-refractivity contribution in [3.8, 4) is 5.75 Å². The summed E-state index contributed by atoms with van der Waals surface area (Å²) >= 11 is 0. The maximum absolute atomic E-state index is 11.7. The number of hydrogen-bond acceptors (Lipinski definition) is 3. The minimum atomic E-state index is 0.0506. The summed E-state index contributed by atoms with van der Waals surface area (Å²) in [7, 11) is 0. The number of hydrogen-bond donors (Lipinski definition) is 2. The first kappa shape index (κ1) is 8.73. The van der Waals surface area contributed by atoms with Gasteiger partial charge >= 0.3 is 0 Å². The number of hydrazine groups is 1. The average molecular weight is 204 g/mol. The van der Waals surface area contributed by atoms with E-state index in [0.717, 1.165) is 18.5 Å². The second-order valence-corrected chi connectivity index (χ2v) is 4.31. The predicted octanol–water partition coefficient (Wildman–Crippen LogP) is 1.17. The molecule has 1 saturated heterocycles. The van der Waals surface area contributed by atoms with Crippen molar-refractivity contribution < 1.29 is 9.90 Å². The average Bonchev–Trinajstić information content (AvgIpc) is 2.87. The molecule has 0 aromatic heterocycles. The summed E-state index contributed by atoms with van der Waals surface area (Å²) in [6.07, 6.45) is 2.74. The van der Waals surface area contributed by atoms with Gasteiger partial charge in [0, 0.05) is 12.0 Å². The number of amides is 1. The highest BCUT2D eigenvalue weighted by Gasteiger charge is 2.52. The third-order valence-corrected chi connectivity index (χ3v) is 3.05. The second kappa shape index (κ2) is 2.73. The fourth-order valence-electron chi connectivity index (χ4n) is 1.96. The van der Waals surface area contributed by atoms with E-state index in [1.54, 1.807) is 29.3 Å². The highest BCUT2D eigenvalue weighted by molar-refractivity contribution is 5.96. The van der Waals surface area contributed by atoms with E-state index in [9.17, 15) is 4.79 Å². The van der Waals surface area contributed by atoms with Gasteiger partial charge in [0.25, 0.3) is 0 Å². The molecular weight excluding hydrogens is 192 g/mol. The van der Waals surface area contributed by atoms with Crippen LogP contribution in [0.3, 0.4) is 0 Å². The summed E-state index contributed by atoms with van der Waals surface area (Å²) in [4.78, 5) is 11.7. The Kier molecular flexibility index (Phi) is 1.59. The highest BCUT2D eigenvalue weighted by atomic mass is 16.3. The Hall–Kier alpha value is -1.55. The molecule has 0 unspecified atom stereocenters. The van der Waals surface area contributed by atoms with Gasteiger partial charge in [0.05, 0.1) is 5.69 Å². The maximum Gasteiger partial charge on any atom is 0.243 e. The fraction of sp³-hybridized carbons (Fsp3) is 0.364. The van der Waals surface area contributed by atoms with Crippen LogP contribution in [0.5, 0.6) is 5.75 Å². The number of carbonyl (C=O) groups excluding carboxylic acids is 1. The van der Waals surface area contributed by atoms with E-state index in [4.69, 9.17) is 5.11 Å². The van der Waals surface area contributed by atoms with E-state index in [0.29, 0.717) is 6.42 Å². The smallest absolute Gasteiger partial charge is 0.243 e. The van der Waals surface area contributed by atoms with E-state index >= 15 is 0 Å². The van der Waals surface area contributed by atoms with Gasteiger partial charge in [-0.3, -0.25) is 4.79 Å². The molecule has 1 aliphatic heterocycles. The summed E-state index contributed by atoms with van der Waals surface area (Å²) in [5.74, 6) is 0.324. The Morgan fingerprint density at radius 2 is 1.93 bits per heavy atom. The number of aromatic hydroxyl groups is 1. The minimum absolute atomic E-state index is 0.0506. The van der Waals surface area contributed by atoms with Gasteiger partial charge in [-0.15, -0.1) is 0 Å². The van der Waals surface area contributed by atoms with Crippen LogP contribution in [0.4, 0.5) is 5.69 Å². The second-order valence-electron chi connectivity index (χ2n) is 4.31. The van der Waals surface area contributed by atoms with Crippen LogP contribution < -0.4 is 10.4 Å². The molecule has 1 heterocycles. The quantitative estimate of drug-likeness (QED) is 0.722. The molecule has 15 heavy (non-hydrogen) atoms. The van der Waals surface area contributed by atoms with E-state index in [2.05, 4.69) is 5.43 Å². The lowest BCUT2D eigenvalue weighted by Gasteiger charge is -2.17. The first-order chi connectivity index (χ1) is 7.19. The fourth-order valence-corrected chi connectivity index (χ4v) is 1.96. The van der Waals surface area contributed by atoms with Gasteiger partial charge in [0.2, 0.25) is 5.91 Å². The van der Waals surface area contributed by atoms with E-state index in [-0.39, 0.29) is 17.2 Å². The largest absolute Gasteiger partial charge is 0.508 e. The van der Waals surface area contributed by atoms with Gasteiger partial charge in [-0.1, -0.05) is 0 Å². The van der Waals surface area contributed by atoms with Crippen LogP contribution in [0.2, 0.25) is 0 Å². The van der Waals surface area contributed by atoms with Crippen molar-refractivity contribution in [3.05, 3.63) is 24.3 Å². The first-order valence-electron chi connectivity index (χ1n) is 5.08. The minimum Gasteiger partial charge on any atom is -0.508 e. The van der Waals surface area contributed by atoms with Crippen LogP contribution in [0.1, 0.15) is 19.3 Å². The van der Waals surface area contributed by atoms with Gasteiger partial charge in [0.15, 0.2) is 0 Å². The third-order valence-electron chi connectivity index (χ3n) is 3.05. The Morgan fingerprint density at radius 3 is 2.47 bits per heavy atom. The molecule has 1 spiro atoms. The zero-order valence-electron chi connectivity index (χ0n) is 8.23. The van der Waals surface area contributed by atoms with Crippen molar-refractivity contribution >= 4 is 11.6 Å². The molecule has 2 N–H and O–H groups in total. The molecule has 1 aromatic carbocycles. The molecule has 0 atom stereocenters. The van der Waals surface area contributed by atoms with Crippen molar-refractivity contribution in [2.75, 3.05) is 5.01 Å². The van der Waals surface area contributed by atoms with E-state index in [1.807, 2.05) is 0 Å². The standard InChI is InChI=1S/C11H12N2O2/c14-9-3-1-8(2-4-9)13-10(15)7-11(12-13)5-6-11/h1-4,12,14H,5-7H2. The monoisotopic (exact) mass is 204 g/mol. The molecule has 1 aliphatic carbocycles. The predicted molar refractivity (Wildman–Crippen MR) is 55.3 cm³/mol. The lowest BCUT2D eigenvalue weighted by Crippen LogP contribution is -2.38. The molecular formula is C11H12N2O2. The van der Waals surface area contributed by atoms with Gasteiger partial charge in [-0.05, 0) is 37.1 Å². The van der Waals surface area contributed by atoms with Crippen molar-refractivity contribution in [2.24, 2.45) is 0 Å². The van der Waals surface area contributed by atoms with Crippen molar-refractivity contribution in [2.45, 2.75) is 24.8 Å². The molecule has 3 rings (SSSR count). The molecule has 1 aromatic rings. The van der Waals surface area contributed by atoms with Crippen molar-refractivity contribution in [3.63, 3.8) is 0 Å². The summed E-state index contributed by atoms with van der Waals surface area (Å²) in [5.41, 5.74) is 4.07. The van der Waals surface area contributed by atoms with Gasteiger partial charge in [-0.2, -0.15) is 0 Å². The zero-order valence-corrected chi connectivity index (χ0v) is 8.23. The van der Waals surface area contributed by atoms with Crippen LogP contribution in [-0.2, 0) is 4.79 Å². The third kappa shape index (κ3) is 1.37. The normalized spacial score (nSPS) is 22.4. The SMILES string of the molecule is O=C1CC2(CC2)NN1c1ccc(O)cc1. The summed E-state index contributed by atoms with van der Waals surface area (Å²) in [5, 5.41) is 10.7. The topological polar surface area (TPSA) is 52.6 Å². The van der Waals surface area contributed by atoms with Crippen LogP contribution in [-0.4, -0.2) is 16.6 Å². The van der Waals surface area contributed by atoms with Crippen LogP contribution in [0.15, 0.2) is 24.3 Å². The number of carbonyl (C=O) groups is 1. The maximum atomic E-state index is 11.7. The Labute approximate surface area is 87.5 Å². The number of anilines is 1. The van der Waals surface area contributed by atoms with Crippen LogP contribution in [0, 0.1) is 0 Å². The number of rotatable bonds is 1. The number of nitrogens with zero attached hydrogens (tertiary/aromatic N) is 1. The molecule has 4 nitrogen and oxygen atoms in total. The Bertz CT molecular complexity index is 409. The molecule has 1 saturated carbocycles. The molecule has 4 heteroatoms. The zero-order chi connectivity index (χ0) is 10.5. The molecule has 0 bridgehead atoms. The summed E-state index contributed by atoms with van der Waals surface area (Å²) in [6.45, 7) is 0. The van der Waals surface area contributed by atoms with Crippen molar-refractivity contribution in [1.29, 1.82) is 0 Å². The summed E-state index contributed by atoms with van der Waals surface area (Å²) < 4.78 is 0. The summed E-state index contributed by atoms with van der Waals surface area (Å²) in [6, 6.07) is 6.65. The van der Waals surface area contributed by atoms with E-state index in [1.165, 1.54) is 0 Å². The van der Waals surface area contributed by atoms with Gasteiger partial charge in [0.1, 0.15) is 5.75 Å². The molecule has 2 fully saturated rings. The number of phenols is 1. The molecule has 78 valence electrons. The number of benzene rings is 1. The molecule has 2 aliphatic rings. The lowest BCUT2D eigenvalue weighted by atomic mass is 10.2. The molecule has 0 radical (unpaired) electrons. The lowest BCUT2D eigenvalue weighted by molar-refractivity contribution is -0.117. The van der Waals surface area contributed by atoms with Crippen LogP contribution in [0.25, 0.3) is 0 Å². The van der Waals surface area contributed by atoms with Crippen molar-refractivity contribution in [1.82, 2.24) is 5.43 Å². The number of phenolic OH excluding ortho intramolecular Hbond substituents is 1. The Balaban J connectivity index is 1.88. The number of nitrogens with one attached hydrogen (secondary N) is 1. The Morgan fingerprint density at radius 1 is 1.27 bits per heavy atom. The molecule has 1 amide bonds.